The van der Waals surface area contributed by atoms with E-state index in [1.165, 1.54) is 0 Å². The lowest BCUT2D eigenvalue weighted by Gasteiger charge is -2.09. The maximum Gasteiger partial charge on any atom is 0.0593 e. The van der Waals surface area contributed by atoms with Crippen LogP contribution in [0.2, 0.25) is 0 Å². The molecule has 0 atom stereocenters. The van der Waals surface area contributed by atoms with Crippen LogP contribution in [0.15, 0.2) is 12.2 Å². The standard InChI is InChI=1S/C10H21ClN2O/c1-13(2)8-10-14-9-7-12-6-4-3-5-11/h3-4,12H,5-10H2,1-2H3/b4-3+. The summed E-state index contributed by atoms with van der Waals surface area (Å²) in [6, 6.07) is 0. The number of nitrogens with zero attached hydrogens (tertiary/aromatic N) is 1. The Bertz CT molecular complexity index is 140. The third-order valence-electron chi connectivity index (χ3n) is 1.62. The zero-order valence-corrected chi connectivity index (χ0v) is 9.89. The highest BCUT2D eigenvalue weighted by Crippen LogP contribution is 1.79. The molecule has 0 amide bonds. The Labute approximate surface area is 92.1 Å². The van der Waals surface area contributed by atoms with Gasteiger partial charge in [-0.2, -0.15) is 0 Å². The number of rotatable bonds is 9. The minimum atomic E-state index is 0.584. The molecule has 0 aromatic carbocycles. The second kappa shape index (κ2) is 11.0. The lowest BCUT2D eigenvalue weighted by atomic mass is 10.5. The molecular formula is C10H21ClN2O. The van der Waals surface area contributed by atoms with Crippen LogP contribution in [0.4, 0.5) is 0 Å². The lowest BCUT2D eigenvalue weighted by Crippen LogP contribution is -2.23. The summed E-state index contributed by atoms with van der Waals surface area (Å²) < 4.78 is 5.40. The monoisotopic (exact) mass is 220 g/mol. The zero-order valence-electron chi connectivity index (χ0n) is 9.13. The van der Waals surface area contributed by atoms with Crippen molar-refractivity contribution in [3.63, 3.8) is 0 Å². The van der Waals surface area contributed by atoms with Crippen LogP contribution >= 0.6 is 11.6 Å². The third kappa shape index (κ3) is 11.9. The predicted octanol–water partition coefficient (Wildman–Crippen LogP) is 0.949. The van der Waals surface area contributed by atoms with Crippen LogP contribution in [0.5, 0.6) is 0 Å². The lowest BCUT2D eigenvalue weighted by molar-refractivity contribution is 0.120. The number of allylic oxidation sites excluding steroid dienone is 1. The molecule has 0 aliphatic rings. The molecule has 0 aromatic rings. The van der Waals surface area contributed by atoms with Crippen LogP contribution in [0.3, 0.4) is 0 Å². The van der Waals surface area contributed by atoms with Crippen LogP contribution in [0.25, 0.3) is 0 Å². The molecule has 1 N–H and O–H groups in total. The molecule has 0 bridgehead atoms. The number of likely N-dealkylation sites (N-methyl/N-ethyl adjacent to an activating group) is 1. The van der Waals surface area contributed by atoms with E-state index in [9.17, 15) is 0 Å². The molecule has 3 nitrogen and oxygen atoms in total. The van der Waals surface area contributed by atoms with Crippen LogP contribution in [-0.2, 0) is 4.74 Å². The summed E-state index contributed by atoms with van der Waals surface area (Å²) in [5, 5.41) is 3.22. The molecule has 0 radical (unpaired) electrons. The quantitative estimate of drug-likeness (QED) is 0.356. The van der Waals surface area contributed by atoms with E-state index < -0.39 is 0 Å². The van der Waals surface area contributed by atoms with Crippen molar-refractivity contribution >= 4 is 11.6 Å². The van der Waals surface area contributed by atoms with Gasteiger partial charge in [0.2, 0.25) is 0 Å². The average Bonchev–Trinajstić information content (AvgIpc) is 2.15. The van der Waals surface area contributed by atoms with Crippen molar-refractivity contribution in [1.82, 2.24) is 10.2 Å². The first-order valence-electron chi connectivity index (χ1n) is 4.91. The van der Waals surface area contributed by atoms with Gasteiger partial charge in [0, 0.05) is 25.5 Å². The van der Waals surface area contributed by atoms with Gasteiger partial charge < -0.3 is 15.0 Å². The fraction of sp³-hybridized carbons (Fsp3) is 0.800. The zero-order chi connectivity index (χ0) is 10.6. The first-order valence-corrected chi connectivity index (χ1v) is 5.45. The van der Waals surface area contributed by atoms with Gasteiger partial charge in [-0.1, -0.05) is 12.2 Å². The molecule has 0 spiro atoms. The third-order valence-corrected chi connectivity index (χ3v) is 1.80. The van der Waals surface area contributed by atoms with Crippen LogP contribution in [0, 0.1) is 0 Å². The molecule has 84 valence electrons. The van der Waals surface area contributed by atoms with Gasteiger partial charge in [0.25, 0.3) is 0 Å². The second-order valence-corrected chi connectivity index (χ2v) is 3.55. The minimum absolute atomic E-state index is 0.584. The molecule has 0 rings (SSSR count). The number of alkyl halides is 1. The van der Waals surface area contributed by atoms with Crippen molar-refractivity contribution < 1.29 is 4.74 Å². The maximum absolute atomic E-state index is 5.47. The molecule has 0 fully saturated rings. The van der Waals surface area contributed by atoms with Crippen molar-refractivity contribution in [2.75, 3.05) is 52.8 Å². The fourth-order valence-corrected chi connectivity index (χ4v) is 0.951. The van der Waals surface area contributed by atoms with E-state index >= 15 is 0 Å². The number of halogens is 1. The number of ether oxygens (including phenoxy) is 1. The summed E-state index contributed by atoms with van der Waals surface area (Å²) in [4.78, 5) is 2.11. The van der Waals surface area contributed by atoms with Crippen molar-refractivity contribution in [2.45, 2.75) is 0 Å². The molecule has 4 heteroatoms. The first kappa shape index (κ1) is 13.9. The van der Waals surface area contributed by atoms with Crippen molar-refractivity contribution in [3.05, 3.63) is 12.2 Å². The Morgan fingerprint density at radius 1 is 1.29 bits per heavy atom. The van der Waals surface area contributed by atoms with Crippen molar-refractivity contribution in [2.24, 2.45) is 0 Å². The molecule has 0 aliphatic carbocycles. The Morgan fingerprint density at radius 3 is 2.71 bits per heavy atom. The highest BCUT2D eigenvalue weighted by molar-refractivity contribution is 6.18. The van der Waals surface area contributed by atoms with Crippen molar-refractivity contribution in [3.8, 4) is 0 Å². The maximum atomic E-state index is 5.47. The fourth-order valence-electron chi connectivity index (χ4n) is 0.825. The Balaban J connectivity index is 2.95. The summed E-state index contributed by atoms with van der Waals surface area (Å²) in [7, 11) is 4.08. The van der Waals surface area contributed by atoms with Gasteiger partial charge in [-0.15, -0.1) is 11.6 Å². The van der Waals surface area contributed by atoms with E-state index in [2.05, 4.69) is 10.2 Å². The van der Waals surface area contributed by atoms with Crippen molar-refractivity contribution in [1.29, 1.82) is 0 Å². The highest BCUT2D eigenvalue weighted by atomic mass is 35.5. The molecule has 0 aliphatic heterocycles. The molecule has 0 saturated carbocycles. The van der Waals surface area contributed by atoms with Gasteiger partial charge >= 0.3 is 0 Å². The summed E-state index contributed by atoms with van der Waals surface area (Å²) >= 11 is 5.47. The normalized spacial score (nSPS) is 11.7. The van der Waals surface area contributed by atoms with E-state index in [0.717, 1.165) is 32.8 Å². The van der Waals surface area contributed by atoms with E-state index in [1.807, 2.05) is 26.2 Å². The van der Waals surface area contributed by atoms with Gasteiger partial charge in [-0.3, -0.25) is 0 Å². The van der Waals surface area contributed by atoms with E-state index in [-0.39, 0.29) is 0 Å². The molecule has 0 heterocycles. The van der Waals surface area contributed by atoms with E-state index in [1.54, 1.807) is 0 Å². The SMILES string of the molecule is CN(C)CCOCCNC/C=C/CCl. The summed E-state index contributed by atoms with van der Waals surface area (Å²) in [5.41, 5.74) is 0. The minimum Gasteiger partial charge on any atom is -0.379 e. The van der Waals surface area contributed by atoms with Crippen LogP contribution < -0.4 is 5.32 Å². The van der Waals surface area contributed by atoms with Gasteiger partial charge in [0.15, 0.2) is 0 Å². The van der Waals surface area contributed by atoms with Gasteiger partial charge in [-0.05, 0) is 14.1 Å². The number of hydrogen-bond acceptors (Lipinski definition) is 3. The highest BCUT2D eigenvalue weighted by Gasteiger charge is 1.90. The van der Waals surface area contributed by atoms with E-state index in [4.69, 9.17) is 16.3 Å². The summed E-state index contributed by atoms with van der Waals surface area (Å²) in [6.07, 6.45) is 3.95. The smallest absolute Gasteiger partial charge is 0.0593 e. The summed E-state index contributed by atoms with van der Waals surface area (Å²) in [6.45, 7) is 4.30. The van der Waals surface area contributed by atoms with Gasteiger partial charge in [0.1, 0.15) is 0 Å². The number of hydrogen-bond donors (Lipinski definition) is 1. The molecule has 0 saturated heterocycles. The molecule has 0 aromatic heterocycles. The average molecular weight is 221 g/mol. The molecular weight excluding hydrogens is 200 g/mol. The predicted molar refractivity (Wildman–Crippen MR) is 62.1 cm³/mol. The largest absolute Gasteiger partial charge is 0.379 e. The number of nitrogens with one attached hydrogen (secondary N) is 1. The second-order valence-electron chi connectivity index (χ2n) is 3.25. The molecule has 14 heavy (non-hydrogen) atoms. The topological polar surface area (TPSA) is 24.5 Å². The van der Waals surface area contributed by atoms with Gasteiger partial charge in [-0.25, -0.2) is 0 Å². The summed E-state index contributed by atoms with van der Waals surface area (Å²) in [5.74, 6) is 0.584. The van der Waals surface area contributed by atoms with Gasteiger partial charge in [0.05, 0.1) is 13.2 Å². The van der Waals surface area contributed by atoms with Crippen LogP contribution in [-0.4, -0.2) is 57.7 Å². The Morgan fingerprint density at radius 2 is 2.07 bits per heavy atom. The van der Waals surface area contributed by atoms with Crippen LogP contribution in [0.1, 0.15) is 0 Å². The Hall–Kier alpha value is -0.0900. The Kier molecular flexibility index (Phi) is 10.9. The first-order chi connectivity index (χ1) is 6.77. The molecule has 0 unspecified atom stereocenters. The van der Waals surface area contributed by atoms with E-state index in [0.29, 0.717) is 5.88 Å².